The molecule has 0 fully saturated rings. The Bertz CT molecular complexity index is 586. The molecule has 0 spiro atoms. The van der Waals surface area contributed by atoms with Crippen LogP contribution in [-0.4, -0.2) is 10.9 Å². The van der Waals surface area contributed by atoms with Gasteiger partial charge in [-0.15, -0.1) is 11.3 Å². The molecule has 100 valence electrons. The molecular weight excluding hydrogens is 319 g/mol. The van der Waals surface area contributed by atoms with Gasteiger partial charge in [-0.25, -0.2) is 0 Å². The molecule has 0 aliphatic carbocycles. The van der Waals surface area contributed by atoms with Crippen molar-refractivity contribution in [1.82, 2.24) is 0 Å². The second kappa shape index (κ2) is 5.66. The smallest absolute Gasteiger partial charge is 0.115 e. The zero-order chi connectivity index (χ0) is 13.4. The molecule has 19 heavy (non-hydrogen) atoms. The highest BCUT2D eigenvalue weighted by atomic mass is 35.5. The quantitative estimate of drug-likeness (QED) is 0.842. The van der Waals surface area contributed by atoms with Crippen LogP contribution in [0.25, 0.3) is 0 Å². The molecule has 0 amide bonds. The van der Waals surface area contributed by atoms with Crippen molar-refractivity contribution < 1.29 is 5.11 Å². The van der Waals surface area contributed by atoms with Crippen molar-refractivity contribution in [3.05, 3.63) is 55.2 Å². The zero-order valence-corrected chi connectivity index (χ0v) is 13.2. The van der Waals surface area contributed by atoms with Crippen LogP contribution in [0.15, 0.2) is 24.3 Å². The van der Waals surface area contributed by atoms with Crippen molar-refractivity contribution in [2.75, 3.05) is 5.75 Å². The fourth-order valence-electron chi connectivity index (χ4n) is 2.18. The number of hydrogen-bond acceptors (Lipinski definition) is 3. The Kier molecular flexibility index (Phi) is 4.11. The molecule has 1 aromatic heterocycles. The number of halogens is 2. The van der Waals surface area contributed by atoms with Crippen LogP contribution in [0.2, 0.25) is 10.0 Å². The Morgan fingerprint density at radius 1 is 1.21 bits per heavy atom. The summed E-state index contributed by atoms with van der Waals surface area (Å²) >= 11 is 15.8. The third-order valence-corrected chi connectivity index (χ3v) is 6.05. The molecule has 1 aromatic carbocycles. The Hall–Kier alpha value is -0.190. The van der Waals surface area contributed by atoms with Crippen LogP contribution in [0, 0.1) is 0 Å². The summed E-state index contributed by atoms with van der Waals surface area (Å²) in [6.45, 7) is 0. The van der Waals surface area contributed by atoms with Gasteiger partial charge in [0.15, 0.2) is 0 Å². The number of rotatable bonds is 2. The highest BCUT2D eigenvalue weighted by Gasteiger charge is 2.20. The van der Waals surface area contributed by atoms with E-state index in [1.165, 1.54) is 16.2 Å². The zero-order valence-electron chi connectivity index (χ0n) is 10.0. The Labute approximate surface area is 130 Å². The first-order chi connectivity index (χ1) is 9.15. The Morgan fingerprint density at radius 2 is 2.05 bits per heavy atom. The van der Waals surface area contributed by atoms with Gasteiger partial charge in [0.05, 0.1) is 0 Å². The van der Waals surface area contributed by atoms with E-state index in [1.54, 1.807) is 29.5 Å². The van der Waals surface area contributed by atoms with Crippen LogP contribution >= 0.6 is 46.3 Å². The number of thiophene rings is 1. The first kappa shape index (κ1) is 13.8. The average molecular weight is 331 g/mol. The molecule has 1 unspecified atom stereocenters. The van der Waals surface area contributed by atoms with Crippen molar-refractivity contribution in [3.8, 4) is 0 Å². The van der Waals surface area contributed by atoms with Gasteiger partial charge < -0.3 is 5.11 Å². The van der Waals surface area contributed by atoms with Gasteiger partial charge in [-0.05, 0) is 42.0 Å². The van der Waals surface area contributed by atoms with Crippen LogP contribution < -0.4 is 0 Å². The average Bonchev–Trinajstić information content (AvgIpc) is 2.84. The first-order valence-corrected chi connectivity index (χ1v) is 8.70. The predicted octanol–water partition coefficient (Wildman–Crippen LogP) is 4.93. The van der Waals surface area contributed by atoms with Gasteiger partial charge in [-0.2, -0.15) is 11.8 Å². The van der Waals surface area contributed by atoms with Gasteiger partial charge in [0.25, 0.3) is 0 Å². The van der Waals surface area contributed by atoms with Crippen LogP contribution in [0.5, 0.6) is 0 Å². The van der Waals surface area contributed by atoms with E-state index in [4.69, 9.17) is 23.2 Å². The minimum atomic E-state index is -0.688. The van der Waals surface area contributed by atoms with E-state index in [9.17, 15) is 5.11 Å². The summed E-state index contributed by atoms with van der Waals surface area (Å²) in [6, 6.07) is 7.30. The van der Waals surface area contributed by atoms with Crippen molar-refractivity contribution >= 4 is 46.3 Å². The summed E-state index contributed by atoms with van der Waals surface area (Å²) in [5.74, 6) is 2.21. The minimum Gasteiger partial charge on any atom is -0.383 e. The molecule has 0 saturated carbocycles. The summed E-state index contributed by atoms with van der Waals surface area (Å²) in [5, 5.41) is 11.7. The highest BCUT2D eigenvalue weighted by molar-refractivity contribution is 7.98. The Morgan fingerprint density at radius 3 is 2.84 bits per heavy atom. The third-order valence-electron chi connectivity index (χ3n) is 3.17. The molecule has 5 heteroatoms. The largest absolute Gasteiger partial charge is 0.383 e. The summed E-state index contributed by atoms with van der Waals surface area (Å²) in [6.07, 6.45) is 0.410. The van der Waals surface area contributed by atoms with Crippen molar-refractivity contribution in [1.29, 1.82) is 0 Å². The molecule has 1 aliphatic heterocycles. The predicted molar refractivity (Wildman–Crippen MR) is 84.7 cm³/mol. The molecule has 1 nitrogen and oxygen atoms in total. The SMILES string of the molecule is OC(c1cc2c(s1)CCSC2)c1cc(Cl)ccc1Cl. The maximum Gasteiger partial charge on any atom is 0.115 e. The molecule has 0 saturated heterocycles. The summed E-state index contributed by atoms with van der Waals surface area (Å²) < 4.78 is 0. The highest BCUT2D eigenvalue weighted by Crippen LogP contribution is 2.38. The molecule has 3 rings (SSSR count). The number of aliphatic hydroxyl groups is 1. The monoisotopic (exact) mass is 330 g/mol. The summed E-state index contributed by atoms with van der Waals surface area (Å²) in [4.78, 5) is 2.35. The van der Waals surface area contributed by atoms with Gasteiger partial charge in [0.2, 0.25) is 0 Å². The number of aliphatic hydroxyl groups excluding tert-OH is 1. The van der Waals surface area contributed by atoms with E-state index in [0.29, 0.717) is 15.6 Å². The normalized spacial score (nSPS) is 16.2. The van der Waals surface area contributed by atoms with Gasteiger partial charge in [-0.1, -0.05) is 23.2 Å². The lowest BCUT2D eigenvalue weighted by Gasteiger charge is -2.11. The van der Waals surface area contributed by atoms with Crippen molar-refractivity contribution in [3.63, 3.8) is 0 Å². The lowest BCUT2D eigenvalue weighted by Crippen LogP contribution is -1.98. The number of benzene rings is 1. The van der Waals surface area contributed by atoms with Crippen molar-refractivity contribution in [2.45, 2.75) is 18.3 Å². The topological polar surface area (TPSA) is 20.2 Å². The van der Waals surface area contributed by atoms with Gasteiger partial charge >= 0.3 is 0 Å². The Balaban J connectivity index is 1.97. The molecule has 0 bridgehead atoms. The van der Waals surface area contributed by atoms with E-state index in [0.717, 1.165) is 17.1 Å². The van der Waals surface area contributed by atoms with Crippen LogP contribution in [-0.2, 0) is 12.2 Å². The van der Waals surface area contributed by atoms with Crippen LogP contribution in [0.3, 0.4) is 0 Å². The fourth-order valence-corrected chi connectivity index (χ4v) is 4.97. The number of thioether (sulfide) groups is 1. The molecule has 1 N–H and O–H groups in total. The summed E-state index contributed by atoms with van der Waals surface area (Å²) in [7, 11) is 0. The van der Waals surface area contributed by atoms with Crippen LogP contribution in [0.1, 0.15) is 27.0 Å². The second-order valence-corrected chi connectivity index (χ2v) is 7.59. The maximum absolute atomic E-state index is 10.5. The van der Waals surface area contributed by atoms with E-state index < -0.39 is 6.10 Å². The van der Waals surface area contributed by atoms with Gasteiger partial charge in [-0.3, -0.25) is 0 Å². The van der Waals surface area contributed by atoms with E-state index in [2.05, 4.69) is 6.07 Å². The molecule has 1 aliphatic rings. The maximum atomic E-state index is 10.5. The van der Waals surface area contributed by atoms with Gasteiger partial charge in [0, 0.05) is 31.1 Å². The number of aryl methyl sites for hydroxylation is 1. The molecule has 0 radical (unpaired) electrons. The number of fused-ring (bicyclic) bond motifs is 1. The van der Waals surface area contributed by atoms with Crippen LogP contribution in [0.4, 0.5) is 0 Å². The summed E-state index contributed by atoms with van der Waals surface area (Å²) in [5.41, 5.74) is 2.04. The van der Waals surface area contributed by atoms with Gasteiger partial charge in [0.1, 0.15) is 6.10 Å². The number of hydrogen-bond donors (Lipinski definition) is 1. The third kappa shape index (κ3) is 2.81. The molecule has 1 atom stereocenters. The molecular formula is C14H12Cl2OS2. The molecule has 2 aromatic rings. The fraction of sp³-hybridized carbons (Fsp3) is 0.286. The van der Waals surface area contributed by atoms with Crippen molar-refractivity contribution in [2.24, 2.45) is 0 Å². The van der Waals surface area contributed by atoms with E-state index >= 15 is 0 Å². The van der Waals surface area contributed by atoms with E-state index in [-0.39, 0.29) is 0 Å². The lowest BCUT2D eigenvalue weighted by atomic mass is 10.1. The second-order valence-electron chi connectivity index (χ2n) is 4.47. The standard InChI is InChI=1S/C14H12Cl2OS2/c15-9-1-2-11(16)10(6-9)14(17)13-5-8-7-18-4-3-12(8)19-13/h1-2,5-6,14,17H,3-4,7H2. The molecule has 2 heterocycles. The lowest BCUT2D eigenvalue weighted by molar-refractivity contribution is 0.224. The minimum absolute atomic E-state index is 0.553. The van der Waals surface area contributed by atoms with E-state index in [1.807, 2.05) is 11.8 Å². The first-order valence-electron chi connectivity index (χ1n) is 5.97.